The lowest BCUT2D eigenvalue weighted by Crippen LogP contribution is -2.38. The van der Waals surface area contributed by atoms with Crippen LogP contribution in [-0.4, -0.2) is 62.6 Å². The van der Waals surface area contributed by atoms with Crippen molar-refractivity contribution in [2.24, 2.45) is 0 Å². The highest BCUT2D eigenvalue weighted by Crippen LogP contribution is 2.43. The lowest BCUT2D eigenvalue weighted by atomic mass is 9.79. The van der Waals surface area contributed by atoms with Crippen LogP contribution in [0.2, 0.25) is 0 Å². The maximum absolute atomic E-state index is 13.1. The molecule has 1 saturated heterocycles. The summed E-state index contributed by atoms with van der Waals surface area (Å²) in [4.78, 5) is 29.7. The second-order valence-electron chi connectivity index (χ2n) is 7.94. The monoisotopic (exact) mass is 452 g/mol. The van der Waals surface area contributed by atoms with Crippen molar-refractivity contribution in [1.29, 1.82) is 0 Å². The third kappa shape index (κ3) is 4.53. The van der Waals surface area contributed by atoms with E-state index in [1.54, 1.807) is 18.9 Å². The van der Waals surface area contributed by atoms with E-state index in [0.717, 1.165) is 38.1 Å². The van der Waals surface area contributed by atoms with Crippen molar-refractivity contribution in [1.82, 2.24) is 9.80 Å². The van der Waals surface area contributed by atoms with Crippen LogP contribution in [0.5, 0.6) is 0 Å². The van der Waals surface area contributed by atoms with E-state index in [1.807, 2.05) is 0 Å². The Labute approximate surface area is 185 Å². The molecule has 32 heavy (non-hydrogen) atoms. The molecule has 2 aliphatic rings. The third-order valence-corrected chi connectivity index (χ3v) is 6.14. The second-order valence-corrected chi connectivity index (χ2v) is 7.94. The summed E-state index contributed by atoms with van der Waals surface area (Å²) in [5.41, 5.74) is 1.23. The standard InChI is InChI=1S/C23H27F3N2O4/c1-14-18(21(29)31-3)19(15-7-9-16(10-8-15)23(24,25)26)20(22(30)32-4)17(27(14)2)13-28-11-5-6-12-28/h7-10,19H,5-6,11-13H2,1-4H3. The summed E-state index contributed by atoms with van der Waals surface area (Å²) >= 11 is 0. The van der Waals surface area contributed by atoms with Gasteiger partial charge in [-0.15, -0.1) is 0 Å². The maximum atomic E-state index is 13.1. The first-order chi connectivity index (χ1) is 15.1. The minimum absolute atomic E-state index is 0.195. The van der Waals surface area contributed by atoms with E-state index in [1.165, 1.54) is 26.4 Å². The van der Waals surface area contributed by atoms with E-state index >= 15 is 0 Å². The topological polar surface area (TPSA) is 59.1 Å². The molecule has 6 nitrogen and oxygen atoms in total. The van der Waals surface area contributed by atoms with Crippen LogP contribution in [0, 0.1) is 0 Å². The number of rotatable bonds is 5. The first-order valence-corrected chi connectivity index (χ1v) is 10.3. The van der Waals surface area contributed by atoms with Gasteiger partial charge in [0.2, 0.25) is 0 Å². The van der Waals surface area contributed by atoms with Crippen molar-refractivity contribution >= 4 is 11.9 Å². The fourth-order valence-corrected chi connectivity index (χ4v) is 4.35. The molecule has 174 valence electrons. The average molecular weight is 452 g/mol. The van der Waals surface area contributed by atoms with Crippen molar-refractivity contribution in [2.45, 2.75) is 31.9 Å². The molecular weight excluding hydrogens is 425 g/mol. The quantitative estimate of drug-likeness (QED) is 0.635. The second kappa shape index (κ2) is 9.36. The van der Waals surface area contributed by atoms with Gasteiger partial charge in [-0.25, -0.2) is 9.59 Å². The van der Waals surface area contributed by atoms with Crippen LogP contribution in [0.1, 0.15) is 36.8 Å². The summed E-state index contributed by atoms with van der Waals surface area (Å²) < 4.78 is 49.4. The SMILES string of the molecule is COC(=O)C1=C(C)N(C)C(CN2CCCC2)=C(C(=O)OC)C1c1ccc(C(F)(F)F)cc1. The van der Waals surface area contributed by atoms with Crippen LogP contribution in [-0.2, 0) is 25.2 Å². The Kier molecular flexibility index (Phi) is 6.97. The third-order valence-electron chi connectivity index (χ3n) is 6.14. The molecule has 0 spiro atoms. The van der Waals surface area contributed by atoms with Crippen LogP contribution >= 0.6 is 0 Å². The van der Waals surface area contributed by atoms with Gasteiger partial charge in [0, 0.05) is 25.0 Å². The Hall–Kier alpha value is -2.81. The number of esters is 2. The van der Waals surface area contributed by atoms with Gasteiger partial charge < -0.3 is 14.4 Å². The summed E-state index contributed by atoms with van der Waals surface area (Å²) in [7, 11) is 4.24. The molecule has 1 unspecified atom stereocenters. The number of carbonyl (C=O) groups is 2. The first kappa shape index (κ1) is 23.8. The highest BCUT2D eigenvalue weighted by Gasteiger charge is 2.41. The van der Waals surface area contributed by atoms with Gasteiger partial charge in [0.15, 0.2) is 0 Å². The molecule has 0 radical (unpaired) electrons. The number of alkyl halides is 3. The van der Waals surface area contributed by atoms with Crippen LogP contribution < -0.4 is 0 Å². The van der Waals surface area contributed by atoms with Crippen LogP contribution in [0.25, 0.3) is 0 Å². The summed E-state index contributed by atoms with van der Waals surface area (Å²) in [6, 6.07) is 4.50. The normalized spacial score (nSPS) is 20.1. The number of ether oxygens (including phenoxy) is 2. The molecule has 0 N–H and O–H groups in total. The minimum atomic E-state index is -4.50. The molecule has 0 amide bonds. The Morgan fingerprint density at radius 1 is 1.00 bits per heavy atom. The largest absolute Gasteiger partial charge is 0.466 e. The number of likely N-dealkylation sites (N-methyl/N-ethyl adjacent to an activating group) is 1. The fraction of sp³-hybridized carbons (Fsp3) is 0.478. The van der Waals surface area contributed by atoms with Crippen LogP contribution in [0.15, 0.2) is 46.8 Å². The molecule has 2 aliphatic heterocycles. The van der Waals surface area contributed by atoms with Crippen molar-refractivity contribution in [2.75, 3.05) is 40.9 Å². The van der Waals surface area contributed by atoms with E-state index < -0.39 is 29.6 Å². The zero-order chi connectivity index (χ0) is 23.6. The van der Waals surface area contributed by atoms with E-state index in [2.05, 4.69) is 4.90 Å². The van der Waals surface area contributed by atoms with Crippen molar-refractivity contribution in [3.63, 3.8) is 0 Å². The molecule has 3 rings (SSSR count). The number of allylic oxidation sites excluding steroid dienone is 1. The smallest absolute Gasteiger partial charge is 0.416 e. The summed E-state index contributed by atoms with van der Waals surface area (Å²) in [6.45, 7) is 3.96. The average Bonchev–Trinajstić information content (AvgIpc) is 3.28. The molecule has 9 heteroatoms. The van der Waals surface area contributed by atoms with Gasteiger partial charge in [0.25, 0.3) is 0 Å². The number of carbonyl (C=O) groups excluding carboxylic acids is 2. The van der Waals surface area contributed by atoms with Gasteiger partial charge in [-0.2, -0.15) is 13.2 Å². The molecule has 0 saturated carbocycles. The number of hydrogen-bond acceptors (Lipinski definition) is 6. The van der Waals surface area contributed by atoms with Crippen LogP contribution in [0.3, 0.4) is 0 Å². The Bertz CT molecular complexity index is 945. The van der Waals surface area contributed by atoms with Crippen LogP contribution in [0.4, 0.5) is 13.2 Å². The predicted octanol–water partition coefficient (Wildman–Crippen LogP) is 3.70. The van der Waals surface area contributed by atoms with Crippen molar-refractivity contribution in [3.8, 4) is 0 Å². The van der Waals surface area contributed by atoms with Crippen molar-refractivity contribution in [3.05, 3.63) is 57.9 Å². The Balaban J connectivity index is 2.20. The van der Waals surface area contributed by atoms with Crippen molar-refractivity contribution < 1.29 is 32.2 Å². The molecule has 0 bridgehead atoms. The zero-order valence-electron chi connectivity index (χ0n) is 18.6. The molecule has 2 heterocycles. The molecule has 0 aliphatic carbocycles. The molecule has 0 aromatic heterocycles. The van der Waals surface area contributed by atoms with Gasteiger partial charge in [0.05, 0.1) is 36.8 Å². The highest BCUT2D eigenvalue weighted by atomic mass is 19.4. The number of halogens is 3. The number of benzene rings is 1. The zero-order valence-corrected chi connectivity index (χ0v) is 18.6. The van der Waals surface area contributed by atoms with Gasteiger partial charge in [-0.3, -0.25) is 4.90 Å². The number of likely N-dealkylation sites (tertiary alicyclic amines) is 1. The Morgan fingerprint density at radius 2 is 1.53 bits per heavy atom. The van der Waals surface area contributed by atoms with E-state index in [-0.39, 0.29) is 11.1 Å². The predicted molar refractivity (Wildman–Crippen MR) is 111 cm³/mol. The van der Waals surface area contributed by atoms with E-state index in [0.29, 0.717) is 23.5 Å². The Morgan fingerprint density at radius 3 is 2.03 bits per heavy atom. The molecule has 1 fully saturated rings. The van der Waals surface area contributed by atoms with Gasteiger partial charge in [0.1, 0.15) is 0 Å². The van der Waals surface area contributed by atoms with E-state index in [4.69, 9.17) is 9.47 Å². The lowest BCUT2D eigenvalue weighted by molar-refractivity contribution is -0.138. The highest BCUT2D eigenvalue weighted by molar-refractivity contribution is 5.99. The van der Waals surface area contributed by atoms with Gasteiger partial charge >= 0.3 is 18.1 Å². The first-order valence-electron chi connectivity index (χ1n) is 10.3. The molecular formula is C23H27F3N2O4. The molecule has 1 aromatic rings. The number of hydrogen-bond donors (Lipinski definition) is 0. The number of nitrogens with zero attached hydrogens (tertiary/aromatic N) is 2. The maximum Gasteiger partial charge on any atom is 0.416 e. The lowest BCUT2D eigenvalue weighted by Gasteiger charge is -2.38. The number of methoxy groups -OCH3 is 2. The fourth-order valence-electron chi connectivity index (χ4n) is 4.35. The van der Waals surface area contributed by atoms with Gasteiger partial charge in [-0.1, -0.05) is 12.1 Å². The minimum Gasteiger partial charge on any atom is -0.466 e. The molecule has 1 atom stereocenters. The molecule has 1 aromatic carbocycles. The van der Waals surface area contributed by atoms with E-state index in [9.17, 15) is 22.8 Å². The summed E-state index contributed by atoms with van der Waals surface area (Å²) in [6.07, 6.45) is -2.39. The summed E-state index contributed by atoms with van der Waals surface area (Å²) in [5, 5.41) is 0. The van der Waals surface area contributed by atoms with Gasteiger partial charge in [-0.05, 0) is 50.6 Å². The summed E-state index contributed by atoms with van der Waals surface area (Å²) in [5.74, 6) is -2.20.